The predicted octanol–water partition coefficient (Wildman–Crippen LogP) is 5.22. The lowest BCUT2D eigenvalue weighted by Gasteiger charge is -2.43. The molecule has 0 saturated carbocycles. The van der Waals surface area contributed by atoms with Crippen LogP contribution in [-0.4, -0.2) is 41.9 Å². The Kier molecular flexibility index (Phi) is 5.45. The van der Waals surface area contributed by atoms with Gasteiger partial charge in [0.15, 0.2) is 0 Å². The molecule has 2 aromatic rings. The van der Waals surface area contributed by atoms with Gasteiger partial charge in [-0.15, -0.1) is 0 Å². The first-order valence-electron chi connectivity index (χ1n) is 9.60. The summed E-state index contributed by atoms with van der Waals surface area (Å²) in [7, 11) is 1.92. The molecule has 1 fully saturated rings. The van der Waals surface area contributed by atoms with Gasteiger partial charge in [-0.25, -0.2) is 0 Å². The fourth-order valence-corrected chi connectivity index (χ4v) is 4.90. The van der Waals surface area contributed by atoms with Gasteiger partial charge in [0, 0.05) is 18.7 Å². The molecule has 0 N–H and O–H groups in total. The Balaban J connectivity index is 1.70. The molecular weight excluding hydrogens is 379 g/mol. The molecular formula is C22H24Cl2N2O. The average Bonchev–Trinajstić information content (AvgIpc) is 3.22. The van der Waals surface area contributed by atoms with Gasteiger partial charge in [0.2, 0.25) is 0 Å². The molecule has 27 heavy (non-hydrogen) atoms. The number of amides is 1. The van der Waals surface area contributed by atoms with E-state index in [1.807, 2.05) is 11.9 Å². The van der Waals surface area contributed by atoms with Gasteiger partial charge in [0.1, 0.15) is 0 Å². The Morgan fingerprint density at radius 2 is 1.81 bits per heavy atom. The van der Waals surface area contributed by atoms with Crippen LogP contribution in [0.15, 0.2) is 42.5 Å². The van der Waals surface area contributed by atoms with Crippen LogP contribution in [0.1, 0.15) is 46.8 Å². The molecule has 1 saturated heterocycles. The van der Waals surface area contributed by atoms with Crippen LogP contribution >= 0.6 is 23.2 Å². The number of fused-ring (bicyclic) bond motifs is 1. The number of rotatable bonds is 3. The number of hydrogen-bond donors (Lipinski definition) is 0. The van der Waals surface area contributed by atoms with Gasteiger partial charge in [0.05, 0.1) is 16.1 Å². The Morgan fingerprint density at radius 3 is 2.56 bits per heavy atom. The second-order valence-corrected chi connectivity index (χ2v) is 8.35. The maximum atomic E-state index is 13.3. The van der Waals surface area contributed by atoms with Crippen LogP contribution in [-0.2, 0) is 6.42 Å². The van der Waals surface area contributed by atoms with Crippen molar-refractivity contribution in [2.24, 2.45) is 0 Å². The fourth-order valence-electron chi connectivity index (χ4n) is 4.60. The highest BCUT2D eigenvalue weighted by molar-refractivity contribution is 6.42. The van der Waals surface area contributed by atoms with Crippen molar-refractivity contribution in [2.45, 2.75) is 37.8 Å². The van der Waals surface area contributed by atoms with Crippen LogP contribution in [0.5, 0.6) is 0 Å². The van der Waals surface area contributed by atoms with Crippen molar-refractivity contribution < 1.29 is 4.79 Å². The molecule has 0 bridgehead atoms. The van der Waals surface area contributed by atoms with Crippen LogP contribution in [0.25, 0.3) is 0 Å². The number of halogens is 2. The first-order valence-corrected chi connectivity index (χ1v) is 10.4. The minimum atomic E-state index is -0.0144. The second-order valence-electron chi connectivity index (χ2n) is 7.54. The van der Waals surface area contributed by atoms with E-state index in [-0.39, 0.29) is 11.9 Å². The highest BCUT2D eigenvalue weighted by Crippen LogP contribution is 2.38. The summed E-state index contributed by atoms with van der Waals surface area (Å²) in [6, 6.07) is 14.1. The van der Waals surface area contributed by atoms with Crippen molar-refractivity contribution >= 4 is 29.1 Å². The lowest BCUT2D eigenvalue weighted by Crippen LogP contribution is -2.48. The number of carbonyl (C=O) groups excluding carboxylic acids is 1. The summed E-state index contributed by atoms with van der Waals surface area (Å²) in [4.78, 5) is 17.8. The summed E-state index contributed by atoms with van der Waals surface area (Å²) in [6.07, 6.45) is 4.65. The zero-order valence-electron chi connectivity index (χ0n) is 15.5. The minimum absolute atomic E-state index is 0.0144. The van der Waals surface area contributed by atoms with Gasteiger partial charge in [-0.2, -0.15) is 0 Å². The van der Waals surface area contributed by atoms with Crippen LogP contribution in [0.2, 0.25) is 10.0 Å². The van der Waals surface area contributed by atoms with Crippen molar-refractivity contribution in [3.8, 4) is 0 Å². The van der Waals surface area contributed by atoms with E-state index in [9.17, 15) is 4.79 Å². The molecule has 5 heteroatoms. The largest absolute Gasteiger partial charge is 0.333 e. The molecule has 2 aliphatic rings. The van der Waals surface area contributed by atoms with Gasteiger partial charge >= 0.3 is 0 Å². The maximum Gasteiger partial charge on any atom is 0.254 e. The van der Waals surface area contributed by atoms with E-state index < -0.39 is 0 Å². The number of benzene rings is 2. The van der Waals surface area contributed by atoms with Crippen molar-refractivity contribution in [1.29, 1.82) is 0 Å². The van der Waals surface area contributed by atoms with Gasteiger partial charge in [-0.05, 0) is 68.1 Å². The second kappa shape index (κ2) is 7.83. The highest BCUT2D eigenvalue weighted by atomic mass is 35.5. The summed E-state index contributed by atoms with van der Waals surface area (Å²) < 4.78 is 0. The molecule has 2 atom stereocenters. The third kappa shape index (κ3) is 3.61. The number of hydrogen-bond acceptors (Lipinski definition) is 2. The lowest BCUT2D eigenvalue weighted by atomic mass is 9.82. The molecule has 2 aromatic carbocycles. The minimum Gasteiger partial charge on any atom is -0.333 e. The van der Waals surface area contributed by atoms with Crippen LogP contribution in [0, 0.1) is 0 Å². The molecule has 1 aliphatic carbocycles. The molecule has 142 valence electrons. The molecule has 1 amide bonds. The summed E-state index contributed by atoms with van der Waals surface area (Å²) in [5.41, 5.74) is 3.21. The molecule has 0 aromatic heterocycles. The normalized spacial score (nSPS) is 22.5. The first kappa shape index (κ1) is 18.8. The Morgan fingerprint density at radius 1 is 1.07 bits per heavy atom. The summed E-state index contributed by atoms with van der Waals surface area (Å²) in [5.74, 6) is -0.0144. The summed E-state index contributed by atoms with van der Waals surface area (Å²) in [6.45, 7) is 2.25. The van der Waals surface area contributed by atoms with Crippen molar-refractivity contribution in [1.82, 2.24) is 9.80 Å². The zero-order chi connectivity index (χ0) is 19.0. The maximum absolute atomic E-state index is 13.3. The molecule has 0 radical (unpaired) electrons. The molecule has 0 unspecified atom stereocenters. The number of likely N-dealkylation sites (N-methyl/N-ethyl adjacent to an activating group) is 1. The van der Waals surface area contributed by atoms with E-state index in [0.717, 1.165) is 25.9 Å². The van der Waals surface area contributed by atoms with Crippen molar-refractivity contribution in [2.75, 3.05) is 20.1 Å². The number of carbonyl (C=O) groups is 1. The molecule has 3 nitrogen and oxygen atoms in total. The third-order valence-corrected chi connectivity index (χ3v) is 6.70. The Labute approximate surface area is 170 Å². The standard InChI is InChI=1S/C22H24Cl2N2O/c1-25(22(27)16-8-10-18(23)19(24)14-16)21-17-7-3-2-6-15(17)9-11-20(21)26-12-4-5-13-26/h2-3,6-8,10,14,20-21H,4-5,9,11-13H2,1H3/t20-,21-/m0/s1. The molecule has 4 rings (SSSR count). The number of likely N-dealkylation sites (tertiary alicyclic amines) is 1. The van der Waals surface area contributed by atoms with Crippen molar-refractivity contribution in [3.63, 3.8) is 0 Å². The zero-order valence-corrected chi connectivity index (χ0v) is 17.0. The van der Waals surface area contributed by atoms with E-state index in [1.54, 1.807) is 18.2 Å². The molecule has 1 heterocycles. The van der Waals surface area contributed by atoms with Crippen LogP contribution < -0.4 is 0 Å². The van der Waals surface area contributed by atoms with Crippen molar-refractivity contribution in [3.05, 3.63) is 69.2 Å². The van der Waals surface area contributed by atoms with Gasteiger partial charge in [0.25, 0.3) is 5.91 Å². The first-order chi connectivity index (χ1) is 13.1. The average molecular weight is 403 g/mol. The quantitative estimate of drug-likeness (QED) is 0.702. The highest BCUT2D eigenvalue weighted by Gasteiger charge is 2.38. The van der Waals surface area contributed by atoms with E-state index in [1.165, 1.54) is 24.0 Å². The number of nitrogens with zero attached hydrogens (tertiary/aromatic N) is 2. The smallest absolute Gasteiger partial charge is 0.254 e. The third-order valence-electron chi connectivity index (χ3n) is 5.96. The van der Waals surface area contributed by atoms with Gasteiger partial charge in [-0.1, -0.05) is 47.5 Å². The van der Waals surface area contributed by atoms with Gasteiger partial charge in [-0.3, -0.25) is 9.69 Å². The SMILES string of the molecule is CN(C(=O)c1ccc(Cl)c(Cl)c1)[C@H]1c2ccccc2CC[C@@H]1N1CCCC1. The molecule has 1 aliphatic heterocycles. The van der Waals surface area contributed by atoms with Crippen LogP contribution in [0.4, 0.5) is 0 Å². The lowest BCUT2D eigenvalue weighted by molar-refractivity contribution is 0.0560. The van der Waals surface area contributed by atoms with Gasteiger partial charge < -0.3 is 4.90 Å². The van der Waals surface area contributed by atoms with E-state index in [4.69, 9.17) is 23.2 Å². The topological polar surface area (TPSA) is 23.6 Å². The number of aryl methyl sites for hydroxylation is 1. The summed E-state index contributed by atoms with van der Waals surface area (Å²) >= 11 is 12.2. The molecule has 0 spiro atoms. The van der Waals surface area contributed by atoms with Crippen LogP contribution in [0.3, 0.4) is 0 Å². The Hall–Kier alpha value is -1.55. The monoisotopic (exact) mass is 402 g/mol. The summed E-state index contributed by atoms with van der Waals surface area (Å²) in [5, 5.41) is 0.880. The Bertz CT molecular complexity index is 848. The van der Waals surface area contributed by atoms with E-state index in [0.29, 0.717) is 21.7 Å². The fraction of sp³-hybridized carbons (Fsp3) is 0.409. The van der Waals surface area contributed by atoms with E-state index >= 15 is 0 Å². The predicted molar refractivity (Wildman–Crippen MR) is 111 cm³/mol. The van der Waals surface area contributed by atoms with E-state index in [2.05, 4.69) is 29.2 Å².